The van der Waals surface area contributed by atoms with Gasteiger partial charge >= 0.3 is 12.1 Å². The van der Waals surface area contributed by atoms with Gasteiger partial charge in [-0.3, -0.25) is 5.32 Å². The number of benzene rings is 1. The average molecular weight is 239 g/mol. The number of esters is 1. The summed E-state index contributed by atoms with van der Waals surface area (Å²) < 4.78 is 8.99. The molecule has 1 amide bonds. The van der Waals surface area contributed by atoms with Crippen molar-refractivity contribution in [1.29, 1.82) is 0 Å². The second-order valence-corrected chi connectivity index (χ2v) is 3.13. The maximum Gasteiger partial charge on any atom is 0.409 e. The van der Waals surface area contributed by atoms with Crippen LogP contribution in [0, 0.1) is 0 Å². The van der Waals surface area contributed by atoms with Gasteiger partial charge < -0.3 is 14.6 Å². The van der Waals surface area contributed by atoms with E-state index in [1.54, 1.807) is 24.3 Å². The van der Waals surface area contributed by atoms with E-state index in [-0.39, 0.29) is 6.61 Å². The number of aliphatic hydroxyl groups excluding tert-OH is 1. The molecule has 1 rings (SSSR count). The molecule has 0 bridgehead atoms. The lowest BCUT2D eigenvalue weighted by molar-refractivity contribution is -0.156. The summed E-state index contributed by atoms with van der Waals surface area (Å²) in [7, 11) is 1.12. The van der Waals surface area contributed by atoms with E-state index in [1.807, 2.05) is 11.4 Å². The Kier molecular flexibility index (Phi) is 4.96. The normalized spacial score (nSPS) is 11.4. The van der Waals surface area contributed by atoms with Crippen LogP contribution in [0.2, 0.25) is 0 Å². The van der Waals surface area contributed by atoms with Crippen LogP contribution in [0.15, 0.2) is 30.3 Å². The average Bonchev–Trinajstić information content (AvgIpc) is 2.36. The summed E-state index contributed by atoms with van der Waals surface area (Å²) in [5.41, 5.74) is 0.783. The highest BCUT2D eigenvalue weighted by Gasteiger charge is 2.19. The molecule has 1 unspecified atom stereocenters. The molecule has 0 fully saturated rings. The molecule has 0 aromatic heterocycles. The van der Waals surface area contributed by atoms with E-state index in [1.165, 1.54) is 0 Å². The molecule has 0 aliphatic rings. The summed E-state index contributed by atoms with van der Waals surface area (Å²) in [5, 5.41) is 11.1. The zero-order valence-corrected chi connectivity index (χ0v) is 9.25. The number of amides is 1. The monoisotopic (exact) mass is 239 g/mol. The van der Waals surface area contributed by atoms with E-state index in [2.05, 4.69) is 4.74 Å². The highest BCUT2D eigenvalue weighted by Crippen LogP contribution is 2.01. The minimum absolute atomic E-state index is 0.0274. The van der Waals surface area contributed by atoms with Crippen molar-refractivity contribution in [3.8, 4) is 0 Å². The summed E-state index contributed by atoms with van der Waals surface area (Å²) >= 11 is 0. The van der Waals surface area contributed by atoms with Gasteiger partial charge in [-0.05, 0) is 5.56 Å². The Labute approximate surface area is 98.2 Å². The molecular formula is C11H13NO5. The summed E-state index contributed by atoms with van der Waals surface area (Å²) in [6, 6.07) is 8.97. The van der Waals surface area contributed by atoms with Gasteiger partial charge in [-0.1, -0.05) is 30.3 Å². The Balaban J connectivity index is 2.37. The summed E-state index contributed by atoms with van der Waals surface area (Å²) in [4.78, 5) is 21.9. The van der Waals surface area contributed by atoms with Crippen LogP contribution in [-0.2, 0) is 20.9 Å². The molecule has 92 valence electrons. The minimum atomic E-state index is -1.73. The number of carbonyl (C=O) groups is 2. The third-order valence-electron chi connectivity index (χ3n) is 1.89. The van der Waals surface area contributed by atoms with Crippen LogP contribution in [0.3, 0.4) is 0 Å². The summed E-state index contributed by atoms with van der Waals surface area (Å²) in [6.45, 7) is 0.0274. The van der Waals surface area contributed by atoms with Gasteiger partial charge in [0.2, 0.25) is 6.23 Å². The topological polar surface area (TPSA) is 84.9 Å². The van der Waals surface area contributed by atoms with Crippen LogP contribution in [-0.4, -0.2) is 30.5 Å². The molecular weight excluding hydrogens is 226 g/mol. The Morgan fingerprint density at radius 1 is 1.35 bits per heavy atom. The van der Waals surface area contributed by atoms with Crippen LogP contribution >= 0.6 is 0 Å². The second-order valence-electron chi connectivity index (χ2n) is 3.13. The van der Waals surface area contributed by atoms with Gasteiger partial charge in [0, 0.05) is 0 Å². The molecule has 0 saturated carbocycles. The van der Waals surface area contributed by atoms with E-state index in [4.69, 9.17) is 4.74 Å². The van der Waals surface area contributed by atoms with Crippen molar-refractivity contribution >= 4 is 12.1 Å². The number of aliphatic hydroxyl groups is 1. The number of rotatable bonds is 4. The lowest BCUT2D eigenvalue weighted by atomic mass is 10.2. The van der Waals surface area contributed by atoms with Gasteiger partial charge in [-0.15, -0.1) is 0 Å². The van der Waals surface area contributed by atoms with Crippen molar-refractivity contribution in [2.75, 3.05) is 7.11 Å². The molecule has 6 nitrogen and oxygen atoms in total. The van der Waals surface area contributed by atoms with E-state index in [0.29, 0.717) is 0 Å². The number of carbonyl (C=O) groups excluding carboxylic acids is 2. The summed E-state index contributed by atoms with van der Waals surface area (Å²) in [6.07, 6.45) is -2.64. The fraction of sp³-hybridized carbons (Fsp3) is 0.273. The van der Waals surface area contributed by atoms with Crippen LogP contribution in [0.4, 0.5) is 4.79 Å². The summed E-state index contributed by atoms with van der Waals surface area (Å²) in [5.74, 6) is -0.945. The molecule has 0 aliphatic carbocycles. The van der Waals surface area contributed by atoms with Crippen molar-refractivity contribution in [3.63, 3.8) is 0 Å². The van der Waals surface area contributed by atoms with Crippen LogP contribution in [0.5, 0.6) is 0 Å². The Morgan fingerprint density at radius 3 is 2.59 bits per heavy atom. The molecule has 2 N–H and O–H groups in total. The van der Waals surface area contributed by atoms with E-state index >= 15 is 0 Å². The van der Waals surface area contributed by atoms with Crippen molar-refractivity contribution < 1.29 is 24.2 Å². The first kappa shape index (κ1) is 13.0. The standard InChI is InChI=1S/C11H13NO5/c1-16-11(15)12-9(13)10(14)17-7-8-5-3-2-4-6-8/h2-6,9,13H,7H2,1H3,(H,12,15). The molecule has 6 heteroatoms. The van der Waals surface area contributed by atoms with E-state index in [0.717, 1.165) is 12.7 Å². The first-order chi connectivity index (χ1) is 8.13. The number of ether oxygens (including phenoxy) is 2. The van der Waals surface area contributed by atoms with Gasteiger partial charge in [0.15, 0.2) is 0 Å². The van der Waals surface area contributed by atoms with Crippen molar-refractivity contribution in [2.24, 2.45) is 0 Å². The lowest BCUT2D eigenvalue weighted by Gasteiger charge is -2.11. The molecule has 1 aromatic rings. The molecule has 0 saturated heterocycles. The molecule has 1 aromatic carbocycles. The van der Waals surface area contributed by atoms with Crippen molar-refractivity contribution in [2.45, 2.75) is 12.8 Å². The Bertz CT molecular complexity index is 379. The SMILES string of the molecule is COC(=O)NC(O)C(=O)OCc1ccccc1. The van der Waals surface area contributed by atoms with Crippen LogP contribution in [0.25, 0.3) is 0 Å². The fourth-order valence-electron chi connectivity index (χ4n) is 1.04. The predicted octanol–water partition coefficient (Wildman–Crippen LogP) is 0.404. The highest BCUT2D eigenvalue weighted by molar-refractivity contribution is 5.79. The lowest BCUT2D eigenvalue weighted by Crippen LogP contribution is -2.41. The van der Waals surface area contributed by atoms with E-state index in [9.17, 15) is 14.7 Å². The smallest absolute Gasteiger partial charge is 0.409 e. The Hall–Kier alpha value is -2.08. The number of alkyl carbamates (subject to hydrolysis) is 1. The maximum atomic E-state index is 11.2. The van der Waals surface area contributed by atoms with Gasteiger partial charge in [0.25, 0.3) is 0 Å². The minimum Gasteiger partial charge on any atom is -0.457 e. The van der Waals surface area contributed by atoms with Gasteiger partial charge in [-0.25, -0.2) is 9.59 Å². The molecule has 0 spiro atoms. The number of hydrogen-bond acceptors (Lipinski definition) is 5. The van der Waals surface area contributed by atoms with Crippen LogP contribution in [0.1, 0.15) is 5.56 Å². The molecule has 0 radical (unpaired) electrons. The van der Waals surface area contributed by atoms with Gasteiger partial charge in [0.05, 0.1) is 7.11 Å². The largest absolute Gasteiger partial charge is 0.457 e. The molecule has 1 atom stereocenters. The molecule has 17 heavy (non-hydrogen) atoms. The third-order valence-corrected chi connectivity index (χ3v) is 1.89. The number of nitrogens with one attached hydrogen (secondary N) is 1. The highest BCUT2D eigenvalue weighted by atomic mass is 16.6. The zero-order chi connectivity index (χ0) is 12.7. The first-order valence-electron chi connectivity index (χ1n) is 4.86. The van der Waals surface area contributed by atoms with Crippen molar-refractivity contribution in [1.82, 2.24) is 5.32 Å². The van der Waals surface area contributed by atoms with Crippen LogP contribution < -0.4 is 5.32 Å². The predicted molar refractivity (Wildman–Crippen MR) is 57.8 cm³/mol. The van der Waals surface area contributed by atoms with Crippen molar-refractivity contribution in [3.05, 3.63) is 35.9 Å². The third kappa shape index (κ3) is 4.52. The van der Waals surface area contributed by atoms with Gasteiger partial charge in [0.1, 0.15) is 6.61 Å². The second kappa shape index (κ2) is 6.49. The fourth-order valence-corrected chi connectivity index (χ4v) is 1.04. The van der Waals surface area contributed by atoms with Gasteiger partial charge in [-0.2, -0.15) is 0 Å². The van der Waals surface area contributed by atoms with E-state index < -0.39 is 18.3 Å². The maximum absolute atomic E-state index is 11.2. The quantitative estimate of drug-likeness (QED) is 0.587. The Morgan fingerprint density at radius 2 is 2.00 bits per heavy atom. The number of hydrogen-bond donors (Lipinski definition) is 2. The molecule has 0 aliphatic heterocycles. The zero-order valence-electron chi connectivity index (χ0n) is 9.25. The molecule has 0 heterocycles. The number of methoxy groups -OCH3 is 1. The first-order valence-corrected chi connectivity index (χ1v) is 4.86.